The largest absolute Gasteiger partial charge is 0.313 e. The molecule has 0 radical (unpaired) electrons. The summed E-state index contributed by atoms with van der Waals surface area (Å²) in [5.41, 5.74) is 4.47. The molecule has 0 saturated heterocycles. The number of benzene rings is 1. The zero-order chi connectivity index (χ0) is 13.5. The van der Waals surface area contributed by atoms with Crippen molar-refractivity contribution in [3.8, 4) is 0 Å². The zero-order valence-corrected chi connectivity index (χ0v) is 12.7. The van der Waals surface area contributed by atoms with E-state index in [0.717, 1.165) is 18.8 Å². The van der Waals surface area contributed by atoms with E-state index >= 15 is 0 Å². The second-order valence-electron chi connectivity index (χ2n) is 5.08. The Morgan fingerprint density at radius 3 is 2.00 bits per heavy atom. The van der Waals surface area contributed by atoms with Gasteiger partial charge in [0.2, 0.25) is 0 Å². The van der Waals surface area contributed by atoms with Gasteiger partial charge in [-0.15, -0.1) is 0 Å². The molecule has 1 aromatic carbocycles. The Labute approximate surface area is 113 Å². The summed E-state index contributed by atoms with van der Waals surface area (Å²) in [5, 5.41) is 3.51. The zero-order valence-electron chi connectivity index (χ0n) is 12.7. The van der Waals surface area contributed by atoms with Crippen LogP contribution in [0, 0.1) is 5.92 Å². The highest BCUT2D eigenvalue weighted by molar-refractivity contribution is 5.34. The van der Waals surface area contributed by atoms with Crippen LogP contribution >= 0.6 is 0 Å². The van der Waals surface area contributed by atoms with Gasteiger partial charge >= 0.3 is 0 Å². The van der Waals surface area contributed by atoms with E-state index in [2.05, 4.69) is 58.3 Å². The minimum absolute atomic E-state index is 0.496. The van der Waals surface area contributed by atoms with Gasteiger partial charge in [-0.3, -0.25) is 0 Å². The normalized spacial score (nSPS) is 13.0. The molecular weight excluding hydrogens is 218 g/mol. The van der Waals surface area contributed by atoms with Gasteiger partial charge in [-0.2, -0.15) is 0 Å². The Morgan fingerprint density at radius 2 is 1.56 bits per heavy atom. The standard InChI is InChI=1S/C17H29N/c1-6-13(7-2)17(18-5)16-11-10-14(8-3)15(9-4)12-16/h10-13,17-18H,6-9H2,1-5H3. The molecular formula is C17H29N. The maximum atomic E-state index is 3.51. The fourth-order valence-corrected chi connectivity index (χ4v) is 2.95. The number of rotatable bonds is 7. The summed E-state index contributed by atoms with van der Waals surface area (Å²) in [6, 6.07) is 7.55. The van der Waals surface area contributed by atoms with Crippen molar-refractivity contribution in [2.24, 2.45) is 5.92 Å². The maximum absolute atomic E-state index is 3.51. The number of hydrogen-bond donors (Lipinski definition) is 1. The van der Waals surface area contributed by atoms with Gasteiger partial charge < -0.3 is 5.32 Å². The van der Waals surface area contributed by atoms with Crippen molar-refractivity contribution in [2.45, 2.75) is 59.4 Å². The Bertz CT molecular complexity index is 353. The number of nitrogens with one attached hydrogen (secondary N) is 1. The lowest BCUT2D eigenvalue weighted by molar-refractivity contribution is 0.359. The Balaban J connectivity index is 3.06. The van der Waals surface area contributed by atoms with E-state index in [-0.39, 0.29) is 0 Å². The van der Waals surface area contributed by atoms with Gasteiger partial charge in [-0.05, 0) is 42.5 Å². The summed E-state index contributed by atoms with van der Waals surface area (Å²) >= 11 is 0. The van der Waals surface area contributed by atoms with Crippen molar-refractivity contribution < 1.29 is 0 Å². The van der Waals surface area contributed by atoms with Crippen LogP contribution in [0.3, 0.4) is 0 Å². The lowest BCUT2D eigenvalue weighted by atomic mass is 9.87. The molecule has 0 saturated carbocycles. The molecule has 1 atom stereocenters. The van der Waals surface area contributed by atoms with Crippen LogP contribution in [0.25, 0.3) is 0 Å². The third kappa shape index (κ3) is 3.35. The summed E-state index contributed by atoms with van der Waals surface area (Å²) in [5.74, 6) is 0.729. The smallest absolute Gasteiger partial charge is 0.0346 e. The Hall–Kier alpha value is -0.820. The van der Waals surface area contributed by atoms with E-state index < -0.39 is 0 Å². The third-order valence-corrected chi connectivity index (χ3v) is 4.18. The van der Waals surface area contributed by atoms with Gasteiger partial charge in [-0.1, -0.05) is 58.7 Å². The molecule has 0 spiro atoms. The topological polar surface area (TPSA) is 12.0 Å². The predicted molar refractivity (Wildman–Crippen MR) is 81.1 cm³/mol. The Kier molecular flexibility index (Phi) is 6.42. The highest BCUT2D eigenvalue weighted by atomic mass is 14.9. The van der Waals surface area contributed by atoms with E-state index in [0.29, 0.717) is 6.04 Å². The van der Waals surface area contributed by atoms with Crippen molar-refractivity contribution in [1.29, 1.82) is 0 Å². The van der Waals surface area contributed by atoms with Gasteiger partial charge in [0.25, 0.3) is 0 Å². The van der Waals surface area contributed by atoms with Crippen LogP contribution in [-0.4, -0.2) is 7.05 Å². The first-order valence-electron chi connectivity index (χ1n) is 7.50. The molecule has 0 amide bonds. The number of hydrogen-bond acceptors (Lipinski definition) is 1. The second-order valence-corrected chi connectivity index (χ2v) is 5.08. The van der Waals surface area contributed by atoms with Gasteiger partial charge in [0.05, 0.1) is 0 Å². The average Bonchev–Trinajstić information content (AvgIpc) is 2.43. The van der Waals surface area contributed by atoms with Gasteiger partial charge in [-0.25, -0.2) is 0 Å². The SMILES string of the molecule is CCc1ccc(C(NC)C(CC)CC)cc1CC. The van der Waals surface area contributed by atoms with Crippen molar-refractivity contribution in [2.75, 3.05) is 7.05 Å². The molecule has 0 aliphatic rings. The van der Waals surface area contributed by atoms with Gasteiger partial charge in [0, 0.05) is 6.04 Å². The third-order valence-electron chi connectivity index (χ3n) is 4.18. The van der Waals surface area contributed by atoms with E-state index in [9.17, 15) is 0 Å². The fourth-order valence-electron chi connectivity index (χ4n) is 2.95. The molecule has 1 nitrogen and oxygen atoms in total. The van der Waals surface area contributed by atoms with Crippen LogP contribution in [0.2, 0.25) is 0 Å². The van der Waals surface area contributed by atoms with E-state index in [1.54, 1.807) is 0 Å². The minimum Gasteiger partial charge on any atom is -0.313 e. The number of aryl methyl sites for hydroxylation is 2. The molecule has 1 rings (SSSR count). The Morgan fingerprint density at radius 1 is 0.944 bits per heavy atom. The first-order chi connectivity index (χ1) is 8.71. The molecule has 1 aromatic rings. The molecule has 102 valence electrons. The molecule has 1 N–H and O–H groups in total. The van der Waals surface area contributed by atoms with Crippen LogP contribution < -0.4 is 5.32 Å². The van der Waals surface area contributed by atoms with Crippen LogP contribution in [0.15, 0.2) is 18.2 Å². The van der Waals surface area contributed by atoms with E-state index in [1.165, 1.54) is 29.5 Å². The molecule has 18 heavy (non-hydrogen) atoms. The molecule has 0 aliphatic carbocycles. The quantitative estimate of drug-likeness (QED) is 0.747. The minimum atomic E-state index is 0.496. The molecule has 0 heterocycles. The van der Waals surface area contributed by atoms with Gasteiger partial charge in [0.15, 0.2) is 0 Å². The van der Waals surface area contributed by atoms with Crippen LogP contribution in [-0.2, 0) is 12.8 Å². The molecule has 1 heteroatoms. The molecule has 0 aromatic heterocycles. The van der Waals surface area contributed by atoms with E-state index in [1.807, 2.05) is 0 Å². The van der Waals surface area contributed by atoms with E-state index in [4.69, 9.17) is 0 Å². The first kappa shape index (κ1) is 15.2. The van der Waals surface area contributed by atoms with Crippen molar-refractivity contribution in [1.82, 2.24) is 5.32 Å². The monoisotopic (exact) mass is 247 g/mol. The molecule has 0 aliphatic heterocycles. The molecule has 0 bridgehead atoms. The second kappa shape index (κ2) is 7.58. The van der Waals surface area contributed by atoms with Gasteiger partial charge in [0.1, 0.15) is 0 Å². The fraction of sp³-hybridized carbons (Fsp3) is 0.647. The highest BCUT2D eigenvalue weighted by Gasteiger charge is 2.19. The summed E-state index contributed by atoms with van der Waals surface area (Å²) in [6.45, 7) is 9.08. The van der Waals surface area contributed by atoms with Crippen LogP contribution in [0.5, 0.6) is 0 Å². The summed E-state index contributed by atoms with van der Waals surface area (Å²) in [6.07, 6.45) is 4.74. The summed E-state index contributed by atoms with van der Waals surface area (Å²) < 4.78 is 0. The van der Waals surface area contributed by atoms with Crippen LogP contribution in [0.4, 0.5) is 0 Å². The lowest BCUT2D eigenvalue weighted by Crippen LogP contribution is -2.24. The predicted octanol–water partition coefficient (Wildman–Crippen LogP) is 4.51. The van der Waals surface area contributed by atoms with Crippen molar-refractivity contribution in [3.05, 3.63) is 34.9 Å². The average molecular weight is 247 g/mol. The summed E-state index contributed by atoms with van der Waals surface area (Å²) in [4.78, 5) is 0. The maximum Gasteiger partial charge on any atom is 0.0346 e. The molecule has 1 unspecified atom stereocenters. The van der Waals surface area contributed by atoms with Crippen molar-refractivity contribution in [3.63, 3.8) is 0 Å². The van der Waals surface area contributed by atoms with Crippen LogP contribution in [0.1, 0.15) is 63.3 Å². The first-order valence-corrected chi connectivity index (χ1v) is 7.50. The molecule has 0 fully saturated rings. The van der Waals surface area contributed by atoms with Crippen molar-refractivity contribution >= 4 is 0 Å². The highest BCUT2D eigenvalue weighted by Crippen LogP contribution is 2.28. The summed E-state index contributed by atoms with van der Waals surface area (Å²) in [7, 11) is 2.09. The lowest BCUT2D eigenvalue weighted by Gasteiger charge is -2.26.